The fourth-order valence-corrected chi connectivity index (χ4v) is 1.87. The van der Waals surface area contributed by atoms with Gasteiger partial charge in [-0.05, 0) is 34.5 Å². The molecule has 2 aromatic rings. The molecule has 0 atom stereocenters. The van der Waals surface area contributed by atoms with Crippen LogP contribution >= 0.6 is 11.3 Å². The van der Waals surface area contributed by atoms with Gasteiger partial charge in [0.2, 0.25) is 0 Å². The molecular weight excluding hydrogens is 204 g/mol. The van der Waals surface area contributed by atoms with Crippen molar-refractivity contribution < 1.29 is 8.78 Å². The molecule has 0 aliphatic heterocycles. The number of rotatable bonds is 1. The van der Waals surface area contributed by atoms with E-state index in [2.05, 4.69) is 0 Å². The molecular formula is C10H7F2NS. The van der Waals surface area contributed by atoms with E-state index < -0.39 is 17.3 Å². The quantitative estimate of drug-likeness (QED) is 0.720. The lowest BCUT2D eigenvalue weighted by atomic mass is 10.1. The van der Waals surface area contributed by atoms with Crippen LogP contribution in [0.3, 0.4) is 0 Å². The monoisotopic (exact) mass is 211 g/mol. The molecule has 4 heteroatoms. The lowest BCUT2D eigenvalue weighted by molar-refractivity contribution is 0.594. The number of benzene rings is 1. The van der Waals surface area contributed by atoms with Gasteiger partial charge in [-0.2, -0.15) is 11.3 Å². The fraction of sp³-hybridized carbons (Fsp3) is 0. The number of halogens is 2. The summed E-state index contributed by atoms with van der Waals surface area (Å²) in [5, 5.41) is 3.62. The molecule has 14 heavy (non-hydrogen) atoms. The molecule has 0 saturated carbocycles. The molecule has 1 nitrogen and oxygen atoms in total. The third-order valence-corrected chi connectivity index (χ3v) is 2.64. The van der Waals surface area contributed by atoms with Gasteiger partial charge in [-0.3, -0.25) is 0 Å². The highest BCUT2D eigenvalue weighted by Gasteiger charge is 2.11. The maximum atomic E-state index is 13.5. The van der Waals surface area contributed by atoms with E-state index >= 15 is 0 Å². The minimum Gasteiger partial charge on any atom is -0.394 e. The van der Waals surface area contributed by atoms with Gasteiger partial charge in [-0.15, -0.1) is 0 Å². The van der Waals surface area contributed by atoms with E-state index in [4.69, 9.17) is 5.73 Å². The van der Waals surface area contributed by atoms with Crippen LogP contribution in [0.4, 0.5) is 14.5 Å². The van der Waals surface area contributed by atoms with Gasteiger partial charge < -0.3 is 5.73 Å². The summed E-state index contributed by atoms with van der Waals surface area (Å²) in [6.07, 6.45) is 0. The second-order valence-corrected chi connectivity index (χ2v) is 3.61. The molecule has 0 aliphatic carbocycles. The molecule has 2 rings (SSSR count). The predicted octanol–water partition coefficient (Wildman–Crippen LogP) is 3.28. The molecule has 0 spiro atoms. The van der Waals surface area contributed by atoms with Crippen molar-refractivity contribution in [3.8, 4) is 11.1 Å². The summed E-state index contributed by atoms with van der Waals surface area (Å²) in [6, 6.07) is 4.33. The highest BCUT2D eigenvalue weighted by atomic mass is 32.1. The first-order valence-corrected chi connectivity index (χ1v) is 4.90. The molecule has 72 valence electrons. The number of nitrogen functional groups attached to an aromatic ring is 1. The van der Waals surface area contributed by atoms with Crippen molar-refractivity contribution in [2.45, 2.75) is 0 Å². The van der Waals surface area contributed by atoms with Gasteiger partial charge in [0.25, 0.3) is 0 Å². The average Bonchev–Trinajstić information content (AvgIpc) is 2.67. The summed E-state index contributed by atoms with van der Waals surface area (Å²) in [6.45, 7) is 0. The van der Waals surface area contributed by atoms with Crippen LogP contribution in [0, 0.1) is 11.6 Å². The highest BCUT2D eigenvalue weighted by Crippen LogP contribution is 2.29. The summed E-state index contributed by atoms with van der Waals surface area (Å²) >= 11 is 1.45. The fourth-order valence-electron chi connectivity index (χ4n) is 1.21. The largest absolute Gasteiger partial charge is 0.394 e. The van der Waals surface area contributed by atoms with Gasteiger partial charge in [0.1, 0.15) is 11.5 Å². The molecule has 1 heterocycles. The second-order valence-electron chi connectivity index (χ2n) is 2.83. The Kier molecular flexibility index (Phi) is 2.21. The Labute approximate surface area is 83.8 Å². The van der Waals surface area contributed by atoms with Crippen LogP contribution in [0.25, 0.3) is 11.1 Å². The SMILES string of the molecule is Nc1c(F)ccc(-c2ccsc2)c1F. The third kappa shape index (κ3) is 1.37. The number of anilines is 1. The number of hydrogen-bond acceptors (Lipinski definition) is 2. The van der Waals surface area contributed by atoms with E-state index in [-0.39, 0.29) is 0 Å². The summed E-state index contributed by atoms with van der Waals surface area (Å²) < 4.78 is 26.3. The van der Waals surface area contributed by atoms with Crippen molar-refractivity contribution in [3.05, 3.63) is 40.6 Å². The predicted molar refractivity (Wildman–Crippen MR) is 54.1 cm³/mol. The van der Waals surface area contributed by atoms with E-state index in [1.54, 1.807) is 11.4 Å². The molecule has 0 unspecified atom stereocenters. The molecule has 0 bridgehead atoms. The molecule has 1 aromatic carbocycles. The van der Waals surface area contributed by atoms with Crippen molar-refractivity contribution in [2.75, 3.05) is 5.73 Å². The first kappa shape index (κ1) is 9.15. The van der Waals surface area contributed by atoms with E-state index in [0.29, 0.717) is 5.56 Å². The van der Waals surface area contributed by atoms with Gasteiger partial charge in [-0.25, -0.2) is 8.78 Å². The Hall–Kier alpha value is -1.42. The lowest BCUT2D eigenvalue weighted by Gasteiger charge is -2.03. The summed E-state index contributed by atoms with van der Waals surface area (Å²) in [4.78, 5) is 0. The Balaban J connectivity index is 2.61. The standard InChI is InChI=1S/C10H7F2NS/c11-8-2-1-7(9(12)10(8)13)6-3-4-14-5-6/h1-5H,13H2. The summed E-state index contributed by atoms with van der Waals surface area (Å²) in [5.41, 5.74) is 5.88. The van der Waals surface area contributed by atoms with Crippen LogP contribution in [-0.2, 0) is 0 Å². The second kappa shape index (κ2) is 3.38. The van der Waals surface area contributed by atoms with Crippen molar-refractivity contribution in [1.29, 1.82) is 0 Å². The zero-order chi connectivity index (χ0) is 10.1. The van der Waals surface area contributed by atoms with E-state index in [9.17, 15) is 8.78 Å². The van der Waals surface area contributed by atoms with E-state index in [0.717, 1.165) is 5.56 Å². The molecule has 2 N–H and O–H groups in total. The zero-order valence-electron chi connectivity index (χ0n) is 7.13. The Morgan fingerprint density at radius 1 is 1.14 bits per heavy atom. The van der Waals surface area contributed by atoms with Gasteiger partial charge in [0, 0.05) is 5.56 Å². The third-order valence-electron chi connectivity index (χ3n) is 1.96. The minimum absolute atomic E-state index is 0.338. The molecule has 0 radical (unpaired) electrons. The van der Waals surface area contributed by atoms with Crippen LogP contribution in [0.2, 0.25) is 0 Å². The van der Waals surface area contributed by atoms with Crippen LogP contribution in [0.1, 0.15) is 0 Å². The highest BCUT2D eigenvalue weighted by molar-refractivity contribution is 7.08. The number of nitrogens with two attached hydrogens (primary N) is 1. The smallest absolute Gasteiger partial charge is 0.156 e. The van der Waals surface area contributed by atoms with Gasteiger partial charge in [-0.1, -0.05) is 0 Å². The molecule has 0 aliphatic rings. The average molecular weight is 211 g/mol. The first-order valence-electron chi connectivity index (χ1n) is 3.96. The molecule has 0 saturated heterocycles. The topological polar surface area (TPSA) is 26.0 Å². The lowest BCUT2D eigenvalue weighted by Crippen LogP contribution is -1.96. The minimum atomic E-state index is -0.721. The number of hydrogen-bond donors (Lipinski definition) is 1. The maximum Gasteiger partial charge on any atom is 0.156 e. The molecule has 1 aromatic heterocycles. The first-order chi connectivity index (χ1) is 6.70. The zero-order valence-corrected chi connectivity index (χ0v) is 7.94. The van der Waals surface area contributed by atoms with Crippen molar-refractivity contribution in [2.24, 2.45) is 0 Å². The Morgan fingerprint density at radius 3 is 2.57 bits per heavy atom. The molecule has 0 amide bonds. The van der Waals surface area contributed by atoms with Crippen LogP contribution < -0.4 is 5.73 Å². The van der Waals surface area contributed by atoms with Crippen LogP contribution in [0.5, 0.6) is 0 Å². The van der Waals surface area contributed by atoms with Gasteiger partial charge in [0.15, 0.2) is 5.82 Å². The van der Waals surface area contributed by atoms with Crippen molar-refractivity contribution >= 4 is 17.0 Å². The van der Waals surface area contributed by atoms with E-state index in [1.807, 2.05) is 5.38 Å². The van der Waals surface area contributed by atoms with Crippen LogP contribution in [0.15, 0.2) is 29.0 Å². The summed E-state index contributed by atoms with van der Waals surface area (Å²) in [5.74, 6) is -1.41. The van der Waals surface area contributed by atoms with Gasteiger partial charge >= 0.3 is 0 Å². The Bertz CT molecular complexity index is 451. The van der Waals surface area contributed by atoms with Crippen molar-refractivity contribution in [1.82, 2.24) is 0 Å². The Morgan fingerprint density at radius 2 is 1.93 bits per heavy atom. The summed E-state index contributed by atoms with van der Waals surface area (Å²) in [7, 11) is 0. The molecule has 0 fully saturated rings. The maximum absolute atomic E-state index is 13.5. The van der Waals surface area contributed by atoms with E-state index in [1.165, 1.54) is 23.5 Å². The van der Waals surface area contributed by atoms with Crippen molar-refractivity contribution in [3.63, 3.8) is 0 Å². The van der Waals surface area contributed by atoms with Gasteiger partial charge in [0.05, 0.1) is 0 Å². The van der Waals surface area contributed by atoms with Crippen LogP contribution in [-0.4, -0.2) is 0 Å². The number of thiophene rings is 1. The normalized spacial score (nSPS) is 10.4.